The number of hydrogen-bond donors (Lipinski definition) is 2. The molecule has 0 aliphatic carbocycles. The molecule has 0 bridgehead atoms. The Morgan fingerprint density at radius 2 is 1.72 bits per heavy atom. The molecule has 2 aromatic carbocycles. The van der Waals surface area contributed by atoms with Gasteiger partial charge in [0.1, 0.15) is 11.6 Å². The summed E-state index contributed by atoms with van der Waals surface area (Å²) in [6, 6.07) is 4.73. The topological polar surface area (TPSA) is 78.8 Å². The van der Waals surface area contributed by atoms with Crippen LogP contribution in [-0.4, -0.2) is 11.1 Å². The first-order chi connectivity index (χ1) is 11.7. The second-order valence-corrected chi connectivity index (χ2v) is 5.98. The Morgan fingerprint density at radius 1 is 1.12 bits per heavy atom. The Morgan fingerprint density at radius 3 is 2.24 bits per heavy atom. The van der Waals surface area contributed by atoms with Crippen molar-refractivity contribution in [3.05, 3.63) is 63.1 Å². The van der Waals surface area contributed by atoms with Gasteiger partial charge in [0.25, 0.3) is 0 Å². The average Bonchev–Trinajstić information content (AvgIpc) is 2.48. The summed E-state index contributed by atoms with van der Waals surface area (Å²) in [5.74, 6) is -2.17. The third kappa shape index (κ3) is 3.99. The monoisotopic (exact) mass is 348 g/mol. The first-order valence-electron chi connectivity index (χ1n) is 7.61. The van der Waals surface area contributed by atoms with E-state index in [0.717, 1.165) is 5.56 Å². The zero-order valence-electron chi connectivity index (χ0n) is 14.1. The van der Waals surface area contributed by atoms with Crippen molar-refractivity contribution in [2.75, 3.05) is 0 Å². The van der Waals surface area contributed by atoms with Crippen molar-refractivity contribution in [3.63, 3.8) is 0 Å². The third-order valence-corrected chi connectivity index (χ3v) is 4.03. The fraction of sp³-hybridized carbons (Fsp3) is 0.278. The van der Waals surface area contributed by atoms with E-state index in [1.165, 1.54) is 18.2 Å². The van der Waals surface area contributed by atoms with Crippen LogP contribution >= 0.6 is 0 Å². The lowest BCUT2D eigenvalue weighted by Crippen LogP contribution is -2.20. The molecule has 1 atom stereocenters. The summed E-state index contributed by atoms with van der Waals surface area (Å²) in [5, 5.41) is 11.5. The van der Waals surface area contributed by atoms with E-state index in [-0.39, 0.29) is 11.4 Å². The molecule has 25 heavy (non-hydrogen) atoms. The smallest absolute Gasteiger partial charge is 0.305 e. The van der Waals surface area contributed by atoms with Crippen LogP contribution in [0, 0.1) is 37.3 Å². The Balaban J connectivity index is 2.65. The summed E-state index contributed by atoms with van der Waals surface area (Å²) in [6.45, 7) is 5.02. The molecule has 7 heteroatoms. The molecular weight excluding hydrogens is 330 g/mol. The Bertz CT molecular complexity index is 814. The number of hydrogen-bond acceptors (Lipinski definition) is 3. The quantitative estimate of drug-likeness (QED) is 0.601. The Kier molecular flexibility index (Phi) is 5.46. The second kappa shape index (κ2) is 7.38. The van der Waals surface area contributed by atoms with Crippen molar-refractivity contribution in [1.82, 2.24) is 5.43 Å². The molecule has 132 valence electrons. The molecule has 2 aromatic rings. The molecule has 2 rings (SSSR count). The van der Waals surface area contributed by atoms with Gasteiger partial charge in [-0.1, -0.05) is 0 Å². The summed E-state index contributed by atoms with van der Waals surface area (Å²) in [6.07, 6.45) is -0.507. The van der Waals surface area contributed by atoms with E-state index in [4.69, 9.17) is 5.11 Å². The standard InChI is InChI=1S/C18H18F2N2O3/c1-9-5-13(19)6-10(2)17(9)12-4-11(3)18(20)14(7-12)15(21-22-25)8-16(23)24/h4-7,15H,8H2,1-3H3,(H,21,25)(H,23,24)/t15-/m0/s1. The van der Waals surface area contributed by atoms with Gasteiger partial charge in [-0.15, -0.1) is 4.91 Å². The van der Waals surface area contributed by atoms with Crippen LogP contribution in [0.15, 0.2) is 29.6 Å². The van der Waals surface area contributed by atoms with Gasteiger partial charge in [-0.3, -0.25) is 10.2 Å². The maximum atomic E-state index is 14.5. The third-order valence-electron chi connectivity index (χ3n) is 4.03. The minimum Gasteiger partial charge on any atom is -0.481 e. The number of aliphatic carboxylic acids is 1. The van der Waals surface area contributed by atoms with E-state index in [1.54, 1.807) is 26.8 Å². The minimum atomic E-state index is -1.20. The minimum absolute atomic E-state index is 0.0279. The number of carboxylic acid groups (broad SMARTS) is 1. The molecule has 5 nitrogen and oxygen atoms in total. The molecule has 2 N–H and O–H groups in total. The molecule has 0 spiro atoms. The summed E-state index contributed by atoms with van der Waals surface area (Å²) >= 11 is 0. The van der Waals surface area contributed by atoms with Crippen LogP contribution in [-0.2, 0) is 4.79 Å². The molecule has 0 saturated carbocycles. The molecule has 0 radical (unpaired) electrons. The maximum absolute atomic E-state index is 14.5. The average molecular weight is 348 g/mol. The maximum Gasteiger partial charge on any atom is 0.305 e. The number of halogens is 2. The van der Waals surface area contributed by atoms with Crippen LogP contribution < -0.4 is 5.43 Å². The van der Waals surface area contributed by atoms with Gasteiger partial charge in [-0.2, -0.15) is 0 Å². The molecule has 0 unspecified atom stereocenters. The molecule has 0 saturated heterocycles. The molecule has 0 fully saturated rings. The number of rotatable bonds is 6. The highest BCUT2D eigenvalue weighted by Crippen LogP contribution is 2.33. The lowest BCUT2D eigenvalue weighted by atomic mass is 9.90. The molecule has 0 heterocycles. The van der Waals surface area contributed by atoms with E-state index in [9.17, 15) is 18.5 Å². The van der Waals surface area contributed by atoms with Crippen LogP contribution in [0.1, 0.15) is 34.7 Å². The fourth-order valence-electron chi connectivity index (χ4n) is 3.02. The summed E-state index contributed by atoms with van der Waals surface area (Å²) in [7, 11) is 0. The zero-order valence-corrected chi connectivity index (χ0v) is 14.1. The van der Waals surface area contributed by atoms with Gasteiger partial charge in [0.05, 0.1) is 17.7 Å². The zero-order chi connectivity index (χ0) is 18.7. The predicted molar refractivity (Wildman–Crippen MR) is 89.9 cm³/mol. The lowest BCUT2D eigenvalue weighted by Gasteiger charge is -2.18. The normalized spacial score (nSPS) is 11.9. The number of benzene rings is 2. The van der Waals surface area contributed by atoms with Crippen LogP contribution in [0.5, 0.6) is 0 Å². The predicted octanol–water partition coefficient (Wildman–Crippen LogP) is 4.34. The van der Waals surface area contributed by atoms with Crippen LogP contribution in [0.2, 0.25) is 0 Å². The van der Waals surface area contributed by atoms with Gasteiger partial charge >= 0.3 is 5.97 Å². The van der Waals surface area contributed by atoms with Gasteiger partial charge in [-0.05, 0) is 72.9 Å². The number of aryl methyl sites for hydroxylation is 3. The van der Waals surface area contributed by atoms with E-state index in [2.05, 4.69) is 10.7 Å². The van der Waals surface area contributed by atoms with Crippen molar-refractivity contribution in [1.29, 1.82) is 0 Å². The van der Waals surface area contributed by atoms with E-state index in [1.807, 2.05) is 0 Å². The first kappa shape index (κ1) is 18.5. The molecule has 0 aromatic heterocycles. The Labute approximate surface area is 143 Å². The van der Waals surface area contributed by atoms with Gasteiger partial charge in [0.15, 0.2) is 0 Å². The summed E-state index contributed by atoms with van der Waals surface area (Å²) < 4.78 is 28.1. The van der Waals surface area contributed by atoms with Crippen molar-refractivity contribution in [2.24, 2.45) is 5.29 Å². The van der Waals surface area contributed by atoms with Crippen molar-refractivity contribution < 1.29 is 18.7 Å². The lowest BCUT2D eigenvalue weighted by molar-refractivity contribution is -0.137. The first-order valence-corrected chi connectivity index (χ1v) is 7.61. The molecule has 0 aliphatic heterocycles. The highest BCUT2D eigenvalue weighted by atomic mass is 19.1. The van der Waals surface area contributed by atoms with E-state index < -0.39 is 24.2 Å². The van der Waals surface area contributed by atoms with Crippen molar-refractivity contribution >= 4 is 5.97 Å². The van der Waals surface area contributed by atoms with Crippen molar-refractivity contribution in [3.8, 4) is 11.1 Å². The fourth-order valence-corrected chi connectivity index (χ4v) is 3.02. The van der Waals surface area contributed by atoms with Gasteiger partial charge < -0.3 is 5.11 Å². The largest absolute Gasteiger partial charge is 0.481 e. The Hall–Kier alpha value is -2.83. The van der Waals surface area contributed by atoms with Gasteiger partial charge in [0.2, 0.25) is 0 Å². The molecule has 0 aliphatic rings. The van der Waals surface area contributed by atoms with Gasteiger partial charge in [-0.25, -0.2) is 8.78 Å². The number of carboxylic acids is 1. The number of nitrogens with zero attached hydrogens (tertiary/aromatic N) is 1. The van der Waals surface area contributed by atoms with Crippen molar-refractivity contribution in [2.45, 2.75) is 33.2 Å². The highest BCUT2D eigenvalue weighted by molar-refractivity contribution is 5.73. The van der Waals surface area contributed by atoms with E-state index >= 15 is 0 Å². The number of nitrogens with one attached hydrogen (secondary N) is 1. The highest BCUT2D eigenvalue weighted by Gasteiger charge is 2.22. The van der Waals surface area contributed by atoms with Gasteiger partial charge in [0, 0.05) is 5.56 Å². The van der Waals surface area contributed by atoms with E-state index in [0.29, 0.717) is 22.3 Å². The van der Waals surface area contributed by atoms with Crippen LogP contribution in [0.3, 0.4) is 0 Å². The molecule has 0 amide bonds. The summed E-state index contributed by atoms with van der Waals surface area (Å²) in [5.41, 5.74) is 5.12. The number of nitroso groups, excluding NO2 is 1. The summed E-state index contributed by atoms with van der Waals surface area (Å²) in [4.78, 5) is 21.6. The second-order valence-electron chi connectivity index (χ2n) is 5.98. The molecular formula is C18H18F2N2O3. The van der Waals surface area contributed by atoms with Crippen LogP contribution in [0.25, 0.3) is 11.1 Å². The number of carbonyl (C=O) groups is 1. The SMILES string of the molecule is Cc1cc(-c2c(C)cc(F)cc2C)cc([C@H](CC(=O)O)NN=O)c1F. The van der Waals surface area contributed by atoms with Crippen LogP contribution in [0.4, 0.5) is 8.78 Å².